The Kier molecular flexibility index (Phi) is 5.02. The standard InChI is InChI=1S/C21H19N5O2/c22-13-15-7-1-4-10-18(15)28-14-19(27)25-20-21(26-11-5-6-12-26)24-17-9-3-2-8-16(17)23-20/h1-4,7-10H,5-6,11-12,14H2,(H,23,25,27). The summed E-state index contributed by atoms with van der Waals surface area (Å²) in [5.74, 6) is 1.15. The van der Waals surface area contributed by atoms with Gasteiger partial charge in [0.25, 0.3) is 5.91 Å². The quantitative estimate of drug-likeness (QED) is 0.739. The molecule has 0 radical (unpaired) electrons. The van der Waals surface area contributed by atoms with E-state index in [9.17, 15) is 4.79 Å². The molecule has 0 bridgehead atoms. The maximum atomic E-state index is 12.5. The van der Waals surface area contributed by atoms with Crippen LogP contribution in [0.1, 0.15) is 18.4 Å². The molecule has 0 aliphatic carbocycles. The van der Waals surface area contributed by atoms with Crippen molar-refractivity contribution in [2.75, 3.05) is 29.9 Å². The van der Waals surface area contributed by atoms with Crippen LogP contribution in [0.2, 0.25) is 0 Å². The first-order valence-corrected chi connectivity index (χ1v) is 9.18. The first kappa shape index (κ1) is 17.7. The highest BCUT2D eigenvalue weighted by atomic mass is 16.5. The van der Waals surface area contributed by atoms with Crippen molar-refractivity contribution in [3.63, 3.8) is 0 Å². The number of ether oxygens (including phenoxy) is 1. The van der Waals surface area contributed by atoms with Crippen LogP contribution in [0, 0.1) is 11.3 Å². The van der Waals surface area contributed by atoms with E-state index in [1.807, 2.05) is 30.3 Å². The fourth-order valence-corrected chi connectivity index (χ4v) is 3.22. The zero-order chi connectivity index (χ0) is 19.3. The van der Waals surface area contributed by atoms with Crippen molar-refractivity contribution in [2.24, 2.45) is 0 Å². The Balaban J connectivity index is 1.55. The summed E-state index contributed by atoms with van der Waals surface area (Å²) in [4.78, 5) is 23.9. The fourth-order valence-electron chi connectivity index (χ4n) is 3.22. The molecule has 0 saturated carbocycles. The van der Waals surface area contributed by atoms with Gasteiger partial charge in [0.2, 0.25) is 0 Å². The van der Waals surface area contributed by atoms with E-state index in [2.05, 4.69) is 15.2 Å². The topological polar surface area (TPSA) is 91.1 Å². The third-order valence-electron chi connectivity index (χ3n) is 4.58. The Morgan fingerprint density at radius 1 is 1.07 bits per heavy atom. The monoisotopic (exact) mass is 373 g/mol. The Morgan fingerprint density at radius 3 is 2.50 bits per heavy atom. The number of nitriles is 1. The molecule has 0 atom stereocenters. The van der Waals surface area contributed by atoms with E-state index < -0.39 is 0 Å². The van der Waals surface area contributed by atoms with Crippen molar-refractivity contribution in [3.8, 4) is 11.8 Å². The zero-order valence-electron chi connectivity index (χ0n) is 15.3. The summed E-state index contributed by atoms with van der Waals surface area (Å²) >= 11 is 0. The second-order valence-corrected chi connectivity index (χ2v) is 6.52. The average molecular weight is 373 g/mol. The predicted octanol–water partition coefficient (Wildman–Crippen LogP) is 3.12. The highest BCUT2D eigenvalue weighted by Crippen LogP contribution is 2.27. The Labute approximate surface area is 162 Å². The SMILES string of the molecule is N#Cc1ccccc1OCC(=O)Nc1nc2ccccc2nc1N1CCCC1. The van der Waals surface area contributed by atoms with E-state index >= 15 is 0 Å². The van der Waals surface area contributed by atoms with Gasteiger partial charge in [0.05, 0.1) is 16.6 Å². The fraction of sp³-hybridized carbons (Fsp3) is 0.238. The number of anilines is 2. The molecular formula is C21H19N5O2. The third-order valence-corrected chi connectivity index (χ3v) is 4.58. The van der Waals surface area contributed by atoms with Gasteiger partial charge in [0.15, 0.2) is 18.2 Å². The largest absolute Gasteiger partial charge is 0.482 e. The lowest BCUT2D eigenvalue weighted by molar-refractivity contribution is -0.118. The maximum absolute atomic E-state index is 12.5. The lowest BCUT2D eigenvalue weighted by Gasteiger charge is -2.20. The Hall–Kier alpha value is -3.66. The molecule has 1 amide bonds. The average Bonchev–Trinajstić information content (AvgIpc) is 3.26. The van der Waals surface area contributed by atoms with E-state index in [4.69, 9.17) is 15.0 Å². The molecule has 28 heavy (non-hydrogen) atoms. The molecule has 1 N–H and O–H groups in total. The number of benzene rings is 2. The van der Waals surface area contributed by atoms with Crippen molar-refractivity contribution >= 4 is 28.6 Å². The van der Waals surface area contributed by atoms with Gasteiger partial charge >= 0.3 is 0 Å². The normalized spacial score (nSPS) is 13.3. The van der Waals surface area contributed by atoms with Crippen molar-refractivity contribution < 1.29 is 9.53 Å². The lowest BCUT2D eigenvalue weighted by atomic mass is 10.2. The number of carbonyl (C=O) groups excluding carboxylic acids is 1. The molecule has 7 nitrogen and oxygen atoms in total. The number of amides is 1. The van der Waals surface area contributed by atoms with Crippen molar-refractivity contribution in [2.45, 2.75) is 12.8 Å². The summed E-state index contributed by atoms with van der Waals surface area (Å²) in [6, 6.07) is 16.5. The highest BCUT2D eigenvalue weighted by molar-refractivity contribution is 5.95. The van der Waals surface area contributed by atoms with Crippen LogP contribution in [0.3, 0.4) is 0 Å². The number of nitrogens with zero attached hydrogens (tertiary/aromatic N) is 4. The summed E-state index contributed by atoms with van der Waals surface area (Å²) in [5, 5.41) is 11.9. The van der Waals surface area contributed by atoms with E-state index in [0.717, 1.165) is 37.0 Å². The predicted molar refractivity (Wildman–Crippen MR) is 106 cm³/mol. The molecule has 7 heteroatoms. The Bertz CT molecular complexity index is 1050. The van der Waals surface area contributed by atoms with Crippen molar-refractivity contribution in [1.82, 2.24) is 9.97 Å². The molecule has 4 rings (SSSR count). The van der Waals surface area contributed by atoms with Crippen molar-refractivity contribution in [1.29, 1.82) is 5.26 Å². The van der Waals surface area contributed by atoms with Crippen molar-refractivity contribution in [3.05, 3.63) is 54.1 Å². The maximum Gasteiger partial charge on any atom is 0.263 e. The van der Waals surface area contributed by atoms with Crippen LogP contribution < -0.4 is 15.0 Å². The molecule has 1 aliphatic heterocycles. The summed E-state index contributed by atoms with van der Waals surface area (Å²) in [7, 11) is 0. The minimum atomic E-state index is -0.349. The van der Waals surface area contributed by atoms with Gasteiger partial charge in [-0.3, -0.25) is 4.79 Å². The first-order chi connectivity index (χ1) is 13.7. The van der Waals surface area contributed by atoms with Crippen LogP contribution in [0.4, 0.5) is 11.6 Å². The lowest BCUT2D eigenvalue weighted by Crippen LogP contribution is -2.25. The summed E-state index contributed by atoms with van der Waals surface area (Å²) in [6.45, 7) is 1.57. The van der Waals surface area contributed by atoms with Crippen LogP contribution in [0.25, 0.3) is 11.0 Å². The molecule has 0 unspecified atom stereocenters. The van der Waals surface area contributed by atoms with Gasteiger partial charge in [0, 0.05) is 13.1 Å². The van der Waals surface area contributed by atoms with E-state index in [-0.39, 0.29) is 12.5 Å². The molecule has 140 valence electrons. The highest BCUT2D eigenvalue weighted by Gasteiger charge is 2.21. The second kappa shape index (κ2) is 7.92. The van der Waals surface area contributed by atoms with Gasteiger partial charge in [-0.25, -0.2) is 9.97 Å². The Morgan fingerprint density at radius 2 is 1.75 bits per heavy atom. The molecule has 1 saturated heterocycles. The molecular weight excluding hydrogens is 354 g/mol. The zero-order valence-corrected chi connectivity index (χ0v) is 15.3. The number of fused-ring (bicyclic) bond motifs is 1. The van der Waals surface area contributed by atoms with Gasteiger partial charge in [-0.1, -0.05) is 24.3 Å². The molecule has 3 aromatic rings. The minimum absolute atomic E-state index is 0.216. The molecule has 1 aliphatic rings. The number of hydrogen-bond donors (Lipinski definition) is 1. The third kappa shape index (κ3) is 3.71. The number of hydrogen-bond acceptors (Lipinski definition) is 6. The van der Waals surface area contributed by atoms with Gasteiger partial charge in [-0.2, -0.15) is 5.26 Å². The smallest absolute Gasteiger partial charge is 0.263 e. The van der Waals surface area contributed by atoms with Gasteiger partial charge in [-0.05, 0) is 37.1 Å². The van der Waals surface area contributed by atoms with E-state index in [0.29, 0.717) is 22.9 Å². The molecule has 1 aromatic heterocycles. The molecule has 1 fully saturated rings. The number of rotatable bonds is 5. The van der Waals surface area contributed by atoms with Gasteiger partial charge < -0.3 is 15.0 Å². The van der Waals surface area contributed by atoms with E-state index in [1.165, 1.54) is 0 Å². The molecule has 2 aromatic carbocycles. The second-order valence-electron chi connectivity index (χ2n) is 6.52. The summed E-state index contributed by atoms with van der Waals surface area (Å²) in [6.07, 6.45) is 2.19. The minimum Gasteiger partial charge on any atom is -0.482 e. The number of carbonyl (C=O) groups is 1. The molecule has 2 heterocycles. The molecule has 0 spiro atoms. The van der Waals surface area contributed by atoms with Crippen LogP contribution in [0.15, 0.2) is 48.5 Å². The van der Waals surface area contributed by atoms with Crippen LogP contribution in [-0.2, 0) is 4.79 Å². The number of aromatic nitrogens is 2. The number of nitrogens with one attached hydrogen (secondary N) is 1. The number of para-hydroxylation sites is 3. The summed E-state index contributed by atoms with van der Waals surface area (Å²) in [5.41, 5.74) is 1.90. The van der Waals surface area contributed by atoms with E-state index in [1.54, 1.807) is 24.3 Å². The van der Waals surface area contributed by atoms with Gasteiger partial charge in [-0.15, -0.1) is 0 Å². The first-order valence-electron chi connectivity index (χ1n) is 9.18. The van der Waals surface area contributed by atoms with Crippen LogP contribution in [-0.4, -0.2) is 35.6 Å². The van der Waals surface area contributed by atoms with Crippen LogP contribution >= 0.6 is 0 Å². The van der Waals surface area contributed by atoms with Gasteiger partial charge in [0.1, 0.15) is 11.8 Å². The van der Waals surface area contributed by atoms with Crippen LogP contribution in [0.5, 0.6) is 5.75 Å². The summed E-state index contributed by atoms with van der Waals surface area (Å²) < 4.78 is 5.52.